The summed E-state index contributed by atoms with van der Waals surface area (Å²) in [6, 6.07) is 5.23. The minimum absolute atomic E-state index is 0.106. The zero-order valence-electron chi connectivity index (χ0n) is 10.7. The molecule has 1 aromatic carbocycles. The molecule has 0 saturated carbocycles. The Morgan fingerprint density at radius 3 is 2.50 bits per heavy atom. The average molecular weight is 249 g/mol. The largest absolute Gasteiger partial charge is 0.397 e. The third-order valence-corrected chi connectivity index (χ3v) is 3.07. The van der Waals surface area contributed by atoms with Crippen molar-refractivity contribution < 1.29 is 9.53 Å². The summed E-state index contributed by atoms with van der Waals surface area (Å²) in [5.74, 6) is -0.455. The molecule has 0 radical (unpaired) electrons. The molecular weight excluding hydrogens is 230 g/mol. The van der Waals surface area contributed by atoms with Gasteiger partial charge in [-0.25, -0.2) is 0 Å². The van der Waals surface area contributed by atoms with E-state index in [4.69, 9.17) is 16.2 Å². The first-order valence-electron chi connectivity index (χ1n) is 6.07. The number of hydrogen-bond acceptors (Lipinski definition) is 4. The Balaban J connectivity index is 2.40. The maximum Gasteiger partial charge on any atom is 0.250 e. The molecule has 5 heteroatoms. The van der Waals surface area contributed by atoms with Crippen LogP contribution in [0.15, 0.2) is 18.2 Å². The van der Waals surface area contributed by atoms with Gasteiger partial charge in [0.25, 0.3) is 5.91 Å². The van der Waals surface area contributed by atoms with E-state index in [0.29, 0.717) is 24.3 Å². The fraction of sp³-hybridized carbons (Fsp3) is 0.462. The summed E-state index contributed by atoms with van der Waals surface area (Å²) in [5.41, 5.74) is 13.2. The van der Waals surface area contributed by atoms with Gasteiger partial charge in [-0.2, -0.15) is 0 Å². The quantitative estimate of drug-likeness (QED) is 0.765. The number of carbonyl (C=O) groups excluding carboxylic acids is 1. The van der Waals surface area contributed by atoms with Crippen LogP contribution in [0.25, 0.3) is 0 Å². The highest BCUT2D eigenvalue weighted by atomic mass is 16.5. The van der Waals surface area contributed by atoms with Gasteiger partial charge in [-0.15, -0.1) is 0 Å². The molecule has 0 aromatic heterocycles. The first-order valence-corrected chi connectivity index (χ1v) is 6.07. The van der Waals surface area contributed by atoms with Crippen LogP contribution in [0.5, 0.6) is 0 Å². The van der Waals surface area contributed by atoms with Crippen molar-refractivity contribution in [3.05, 3.63) is 23.8 Å². The Labute approximate surface area is 107 Å². The molecule has 2 atom stereocenters. The van der Waals surface area contributed by atoms with Gasteiger partial charge in [0, 0.05) is 13.1 Å². The van der Waals surface area contributed by atoms with Gasteiger partial charge in [-0.05, 0) is 26.0 Å². The maximum absolute atomic E-state index is 11.5. The standard InChI is InChI=1S/C13H19N3O2/c1-8-6-16(7-9(2)18-8)12-10(13(15)17)4-3-5-11(12)14/h3-5,8-9H,6-7,14H2,1-2H3,(H2,15,17). The van der Waals surface area contributed by atoms with Gasteiger partial charge in [0.05, 0.1) is 29.1 Å². The van der Waals surface area contributed by atoms with Crippen molar-refractivity contribution in [1.29, 1.82) is 0 Å². The molecule has 2 rings (SSSR count). The van der Waals surface area contributed by atoms with Gasteiger partial charge in [-0.3, -0.25) is 4.79 Å². The number of nitrogens with zero attached hydrogens (tertiary/aromatic N) is 1. The topological polar surface area (TPSA) is 81.6 Å². The number of ether oxygens (including phenoxy) is 1. The van der Waals surface area contributed by atoms with Crippen molar-refractivity contribution in [1.82, 2.24) is 0 Å². The van der Waals surface area contributed by atoms with Gasteiger partial charge in [0.2, 0.25) is 0 Å². The molecule has 2 unspecified atom stereocenters. The molecule has 0 bridgehead atoms. The molecule has 0 spiro atoms. The number of para-hydroxylation sites is 1. The zero-order chi connectivity index (χ0) is 13.3. The van der Waals surface area contributed by atoms with E-state index in [1.165, 1.54) is 0 Å². The molecular formula is C13H19N3O2. The number of amides is 1. The van der Waals surface area contributed by atoms with E-state index in [1.807, 2.05) is 13.8 Å². The highest BCUT2D eigenvalue weighted by Crippen LogP contribution is 2.30. The number of nitrogen functional groups attached to an aromatic ring is 1. The third-order valence-electron chi connectivity index (χ3n) is 3.07. The molecule has 18 heavy (non-hydrogen) atoms. The number of hydrogen-bond donors (Lipinski definition) is 2. The predicted octanol–water partition coefficient (Wildman–Crippen LogP) is 0.981. The van der Waals surface area contributed by atoms with E-state index in [0.717, 1.165) is 5.69 Å². The van der Waals surface area contributed by atoms with E-state index in [2.05, 4.69) is 4.90 Å². The van der Waals surface area contributed by atoms with Gasteiger partial charge < -0.3 is 21.1 Å². The Hall–Kier alpha value is -1.75. The summed E-state index contributed by atoms with van der Waals surface area (Å²) in [4.78, 5) is 13.6. The number of primary amides is 1. The number of anilines is 2. The van der Waals surface area contributed by atoms with Crippen molar-refractivity contribution >= 4 is 17.3 Å². The van der Waals surface area contributed by atoms with Crippen LogP contribution in [-0.4, -0.2) is 31.2 Å². The van der Waals surface area contributed by atoms with Crippen LogP contribution >= 0.6 is 0 Å². The Kier molecular flexibility index (Phi) is 3.43. The minimum Gasteiger partial charge on any atom is -0.397 e. The number of morpholine rings is 1. The fourth-order valence-electron chi connectivity index (χ4n) is 2.47. The summed E-state index contributed by atoms with van der Waals surface area (Å²) in [6.45, 7) is 5.43. The molecule has 4 N–H and O–H groups in total. The number of benzene rings is 1. The predicted molar refractivity (Wildman–Crippen MR) is 71.6 cm³/mol. The highest BCUT2D eigenvalue weighted by molar-refractivity contribution is 6.01. The number of nitrogens with two attached hydrogens (primary N) is 2. The second-order valence-corrected chi connectivity index (χ2v) is 4.77. The first kappa shape index (κ1) is 12.7. The number of carbonyl (C=O) groups is 1. The van der Waals surface area contributed by atoms with E-state index in [1.54, 1.807) is 18.2 Å². The van der Waals surface area contributed by atoms with Crippen LogP contribution in [-0.2, 0) is 4.74 Å². The van der Waals surface area contributed by atoms with Crippen LogP contribution in [0.4, 0.5) is 11.4 Å². The monoisotopic (exact) mass is 249 g/mol. The van der Waals surface area contributed by atoms with Crippen molar-refractivity contribution in [3.8, 4) is 0 Å². The summed E-state index contributed by atoms with van der Waals surface area (Å²) in [5, 5.41) is 0. The van der Waals surface area contributed by atoms with E-state index >= 15 is 0 Å². The molecule has 1 aliphatic heterocycles. The molecule has 1 fully saturated rings. The van der Waals surface area contributed by atoms with Crippen LogP contribution < -0.4 is 16.4 Å². The highest BCUT2D eigenvalue weighted by Gasteiger charge is 2.26. The second kappa shape index (κ2) is 4.86. The first-order chi connectivity index (χ1) is 8.49. The Morgan fingerprint density at radius 2 is 1.94 bits per heavy atom. The van der Waals surface area contributed by atoms with Crippen molar-refractivity contribution in [2.45, 2.75) is 26.1 Å². The molecule has 1 heterocycles. The molecule has 5 nitrogen and oxygen atoms in total. The maximum atomic E-state index is 11.5. The summed E-state index contributed by atoms with van der Waals surface area (Å²) in [6.07, 6.45) is 0.211. The van der Waals surface area contributed by atoms with E-state index < -0.39 is 5.91 Å². The van der Waals surface area contributed by atoms with Gasteiger partial charge in [0.15, 0.2) is 0 Å². The molecule has 1 aromatic rings. The molecule has 0 aliphatic carbocycles. The SMILES string of the molecule is CC1CN(c2c(N)cccc2C(N)=O)CC(C)O1. The van der Waals surface area contributed by atoms with E-state index in [-0.39, 0.29) is 12.2 Å². The smallest absolute Gasteiger partial charge is 0.250 e. The van der Waals surface area contributed by atoms with Crippen molar-refractivity contribution in [2.24, 2.45) is 5.73 Å². The van der Waals surface area contributed by atoms with E-state index in [9.17, 15) is 4.79 Å². The van der Waals surface area contributed by atoms with Gasteiger partial charge >= 0.3 is 0 Å². The summed E-state index contributed by atoms with van der Waals surface area (Å²) >= 11 is 0. The second-order valence-electron chi connectivity index (χ2n) is 4.77. The molecule has 1 saturated heterocycles. The Bertz CT molecular complexity index is 452. The number of rotatable bonds is 2. The third kappa shape index (κ3) is 2.41. The molecule has 1 aliphatic rings. The molecule has 1 amide bonds. The summed E-state index contributed by atoms with van der Waals surface area (Å²) in [7, 11) is 0. The molecule has 98 valence electrons. The zero-order valence-corrected chi connectivity index (χ0v) is 10.7. The lowest BCUT2D eigenvalue weighted by atomic mass is 10.1. The van der Waals surface area contributed by atoms with Crippen molar-refractivity contribution in [3.63, 3.8) is 0 Å². The average Bonchev–Trinajstić information content (AvgIpc) is 2.26. The summed E-state index contributed by atoms with van der Waals surface area (Å²) < 4.78 is 5.68. The van der Waals surface area contributed by atoms with Gasteiger partial charge in [-0.1, -0.05) is 6.07 Å². The van der Waals surface area contributed by atoms with Crippen LogP contribution in [0.3, 0.4) is 0 Å². The lowest BCUT2D eigenvalue weighted by Gasteiger charge is -2.38. The minimum atomic E-state index is -0.455. The van der Waals surface area contributed by atoms with Crippen LogP contribution in [0.2, 0.25) is 0 Å². The lowest BCUT2D eigenvalue weighted by molar-refractivity contribution is -0.00522. The fourth-order valence-corrected chi connectivity index (χ4v) is 2.47. The van der Waals surface area contributed by atoms with Gasteiger partial charge in [0.1, 0.15) is 0 Å². The van der Waals surface area contributed by atoms with Crippen LogP contribution in [0, 0.1) is 0 Å². The normalized spacial score (nSPS) is 24.0. The van der Waals surface area contributed by atoms with Crippen LogP contribution in [0.1, 0.15) is 24.2 Å². The lowest BCUT2D eigenvalue weighted by Crippen LogP contribution is -2.46. The van der Waals surface area contributed by atoms with Crippen molar-refractivity contribution in [2.75, 3.05) is 23.7 Å². The Morgan fingerprint density at radius 1 is 1.33 bits per heavy atom.